The van der Waals surface area contributed by atoms with Crippen LogP contribution in [0.25, 0.3) is 0 Å². The standard InChI is InChI=1S/C19H24N8O/c1-27(2)19(28)15-11-25-17(26-18-12-22-14(8-20)10-24-18)7-16(15)23-9-13-3-5-21-6-4-13/h7,10-13,21H,3-6,9H2,1-2H3,(H2,23,24,25,26). The Balaban J connectivity index is 1.79. The Morgan fingerprint density at radius 3 is 2.61 bits per heavy atom. The van der Waals surface area contributed by atoms with Gasteiger partial charge in [-0.2, -0.15) is 5.26 Å². The number of carbonyl (C=O) groups excluding carboxylic acids is 1. The van der Waals surface area contributed by atoms with Crippen molar-refractivity contribution in [3.63, 3.8) is 0 Å². The minimum absolute atomic E-state index is 0.106. The summed E-state index contributed by atoms with van der Waals surface area (Å²) >= 11 is 0. The highest BCUT2D eigenvalue weighted by atomic mass is 16.2. The number of nitriles is 1. The Bertz CT molecular complexity index is 853. The summed E-state index contributed by atoms with van der Waals surface area (Å²) < 4.78 is 0. The quantitative estimate of drug-likeness (QED) is 0.691. The van der Waals surface area contributed by atoms with Crippen LogP contribution in [0, 0.1) is 17.2 Å². The summed E-state index contributed by atoms with van der Waals surface area (Å²) in [5.41, 5.74) is 1.50. The normalized spacial score (nSPS) is 14.2. The maximum atomic E-state index is 12.5. The topological polar surface area (TPSA) is 119 Å². The van der Waals surface area contributed by atoms with E-state index in [0.717, 1.165) is 38.2 Å². The molecule has 3 heterocycles. The van der Waals surface area contributed by atoms with E-state index in [1.165, 1.54) is 17.3 Å². The highest BCUT2D eigenvalue weighted by Crippen LogP contribution is 2.23. The summed E-state index contributed by atoms with van der Waals surface area (Å²) in [6.07, 6.45) is 6.65. The van der Waals surface area contributed by atoms with Crippen LogP contribution < -0.4 is 16.0 Å². The predicted molar refractivity (Wildman–Crippen MR) is 106 cm³/mol. The van der Waals surface area contributed by atoms with E-state index in [4.69, 9.17) is 5.26 Å². The third-order valence-corrected chi connectivity index (χ3v) is 4.60. The van der Waals surface area contributed by atoms with Crippen LogP contribution in [0.1, 0.15) is 28.9 Å². The number of nitrogens with one attached hydrogen (secondary N) is 3. The van der Waals surface area contributed by atoms with Crippen LogP contribution in [0.15, 0.2) is 24.7 Å². The Morgan fingerprint density at radius 2 is 1.96 bits per heavy atom. The molecule has 0 spiro atoms. The average molecular weight is 380 g/mol. The Labute approximate surface area is 164 Å². The molecule has 9 heteroatoms. The number of rotatable bonds is 6. The number of anilines is 3. The summed E-state index contributed by atoms with van der Waals surface area (Å²) in [7, 11) is 3.44. The Morgan fingerprint density at radius 1 is 1.21 bits per heavy atom. The summed E-state index contributed by atoms with van der Waals surface area (Å²) in [6.45, 7) is 2.85. The van der Waals surface area contributed by atoms with E-state index >= 15 is 0 Å². The van der Waals surface area contributed by atoms with Gasteiger partial charge in [-0.3, -0.25) is 4.79 Å². The second-order valence-electron chi connectivity index (χ2n) is 6.91. The first-order valence-corrected chi connectivity index (χ1v) is 9.22. The van der Waals surface area contributed by atoms with E-state index in [1.54, 1.807) is 26.4 Å². The lowest BCUT2D eigenvalue weighted by molar-refractivity contribution is 0.0828. The number of hydrogen-bond acceptors (Lipinski definition) is 8. The van der Waals surface area contributed by atoms with E-state index in [-0.39, 0.29) is 11.6 Å². The van der Waals surface area contributed by atoms with Crippen molar-refractivity contribution in [3.05, 3.63) is 35.9 Å². The molecule has 1 aliphatic rings. The molecule has 0 bridgehead atoms. The third kappa shape index (κ3) is 4.92. The van der Waals surface area contributed by atoms with E-state index in [1.807, 2.05) is 6.07 Å². The Kier molecular flexibility index (Phi) is 6.34. The van der Waals surface area contributed by atoms with E-state index in [0.29, 0.717) is 23.1 Å². The largest absolute Gasteiger partial charge is 0.384 e. The zero-order chi connectivity index (χ0) is 19.9. The molecule has 9 nitrogen and oxygen atoms in total. The molecule has 146 valence electrons. The molecule has 0 aromatic carbocycles. The van der Waals surface area contributed by atoms with Gasteiger partial charge in [-0.05, 0) is 31.8 Å². The first-order valence-electron chi connectivity index (χ1n) is 9.22. The number of aromatic nitrogens is 3. The van der Waals surface area contributed by atoms with E-state index in [2.05, 4.69) is 30.9 Å². The molecule has 28 heavy (non-hydrogen) atoms. The lowest BCUT2D eigenvalue weighted by atomic mass is 9.98. The zero-order valence-electron chi connectivity index (χ0n) is 16.1. The van der Waals surface area contributed by atoms with Crippen molar-refractivity contribution in [2.45, 2.75) is 12.8 Å². The van der Waals surface area contributed by atoms with Gasteiger partial charge in [-0.15, -0.1) is 0 Å². The minimum Gasteiger partial charge on any atom is -0.384 e. The van der Waals surface area contributed by atoms with Gasteiger partial charge in [0.05, 0.1) is 23.6 Å². The van der Waals surface area contributed by atoms with Crippen LogP contribution in [-0.2, 0) is 0 Å². The van der Waals surface area contributed by atoms with Crippen LogP contribution in [0.5, 0.6) is 0 Å². The van der Waals surface area contributed by atoms with Crippen LogP contribution >= 0.6 is 0 Å². The van der Waals surface area contributed by atoms with Crippen molar-refractivity contribution >= 4 is 23.2 Å². The van der Waals surface area contributed by atoms with Crippen molar-refractivity contribution in [1.29, 1.82) is 5.26 Å². The highest BCUT2D eigenvalue weighted by Gasteiger charge is 2.18. The second-order valence-corrected chi connectivity index (χ2v) is 6.91. The van der Waals surface area contributed by atoms with Crippen LogP contribution in [-0.4, -0.2) is 59.5 Å². The molecule has 0 unspecified atom stereocenters. The maximum Gasteiger partial charge on any atom is 0.257 e. The average Bonchev–Trinajstić information content (AvgIpc) is 2.73. The molecule has 0 saturated carbocycles. The number of pyridine rings is 1. The second kappa shape index (κ2) is 9.10. The van der Waals surface area contributed by atoms with Gasteiger partial charge in [0, 0.05) is 32.9 Å². The molecule has 1 saturated heterocycles. The van der Waals surface area contributed by atoms with Gasteiger partial charge in [0.1, 0.15) is 17.7 Å². The molecule has 1 fully saturated rings. The molecule has 1 aliphatic heterocycles. The molecular formula is C19H24N8O. The summed E-state index contributed by atoms with van der Waals surface area (Å²) in [4.78, 5) is 26.5. The number of amides is 1. The van der Waals surface area contributed by atoms with Gasteiger partial charge in [-0.25, -0.2) is 15.0 Å². The lowest BCUT2D eigenvalue weighted by Gasteiger charge is -2.24. The van der Waals surface area contributed by atoms with Crippen molar-refractivity contribution < 1.29 is 4.79 Å². The van der Waals surface area contributed by atoms with Crippen LogP contribution in [0.2, 0.25) is 0 Å². The Hall–Kier alpha value is -3.25. The van der Waals surface area contributed by atoms with Gasteiger partial charge in [0.25, 0.3) is 5.91 Å². The third-order valence-electron chi connectivity index (χ3n) is 4.60. The summed E-state index contributed by atoms with van der Waals surface area (Å²) in [6, 6.07) is 3.74. The van der Waals surface area contributed by atoms with Gasteiger partial charge in [0.2, 0.25) is 0 Å². The first-order chi connectivity index (χ1) is 13.6. The zero-order valence-corrected chi connectivity index (χ0v) is 16.1. The minimum atomic E-state index is -0.106. The molecule has 3 N–H and O–H groups in total. The number of carbonyl (C=O) groups is 1. The molecule has 0 radical (unpaired) electrons. The molecule has 2 aromatic heterocycles. The number of hydrogen-bond donors (Lipinski definition) is 3. The molecule has 3 rings (SSSR count). The van der Waals surface area contributed by atoms with Crippen LogP contribution in [0.4, 0.5) is 17.3 Å². The van der Waals surface area contributed by atoms with E-state index in [9.17, 15) is 4.79 Å². The smallest absolute Gasteiger partial charge is 0.257 e. The fraction of sp³-hybridized carbons (Fsp3) is 0.421. The fourth-order valence-electron chi connectivity index (χ4n) is 3.00. The predicted octanol–water partition coefficient (Wildman–Crippen LogP) is 1.60. The molecular weight excluding hydrogens is 356 g/mol. The number of piperidine rings is 1. The van der Waals surface area contributed by atoms with Gasteiger partial charge >= 0.3 is 0 Å². The van der Waals surface area contributed by atoms with Crippen LogP contribution in [0.3, 0.4) is 0 Å². The molecule has 0 aliphatic carbocycles. The van der Waals surface area contributed by atoms with Crippen molar-refractivity contribution in [2.75, 3.05) is 44.4 Å². The van der Waals surface area contributed by atoms with E-state index < -0.39 is 0 Å². The lowest BCUT2D eigenvalue weighted by Crippen LogP contribution is -2.31. The first kappa shape index (κ1) is 19.5. The molecule has 0 atom stereocenters. The summed E-state index contributed by atoms with van der Waals surface area (Å²) in [5.74, 6) is 1.48. The molecule has 2 aromatic rings. The monoisotopic (exact) mass is 380 g/mol. The van der Waals surface area contributed by atoms with Crippen molar-refractivity contribution in [2.24, 2.45) is 5.92 Å². The molecule has 1 amide bonds. The van der Waals surface area contributed by atoms with Gasteiger partial charge < -0.3 is 20.9 Å². The van der Waals surface area contributed by atoms with Crippen molar-refractivity contribution in [3.8, 4) is 6.07 Å². The summed E-state index contributed by atoms with van der Waals surface area (Å²) in [5, 5.41) is 18.7. The highest BCUT2D eigenvalue weighted by molar-refractivity contribution is 5.99. The SMILES string of the molecule is CN(C)C(=O)c1cnc(Nc2cnc(C#N)cn2)cc1NCC1CCNCC1. The fourth-order valence-corrected chi connectivity index (χ4v) is 3.00. The van der Waals surface area contributed by atoms with Gasteiger partial charge in [-0.1, -0.05) is 0 Å². The van der Waals surface area contributed by atoms with Gasteiger partial charge in [0.15, 0.2) is 5.69 Å². The van der Waals surface area contributed by atoms with Crippen molar-refractivity contribution in [1.82, 2.24) is 25.2 Å². The number of nitrogens with zero attached hydrogens (tertiary/aromatic N) is 5. The maximum absolute atomic E-state index is 12.5.